The molecule has 1 aromatic heterocycles. The van der Waals surface area contributed by atoms with Crippen LogP contribution in [-0.4, -0.2) is 52.5 Å². The van der Waals surface area contributed by atoms with Crippen LogP contribution in [0.1, 0.15) is 24.5 Å². The van der Waals surface area contributed by atoms with E-state index in [2.05, 4.69) is 10.6 Å². The fourth-order valence-electron chi connectivity index (χ4n) is 4.60. The summed E-state index contributed by atoms with van der Waals surface area (Å²) in [5, 5.41) is 5.58. The van der Waals surface area contributed by atoms with Crippen LogP contribution in [0.15, 0.2) is 47.3 Å². The zero-order valence-corrected chi connectivity index (χ0v) is 18.7. The van der Waals surface area contributed by atoms with Crippen molar-refractivity contribution in [2.45, 2.75) is 31.3 Å². The zero-order chi connectivity index (χ0) is 22.7. The second-order valence-corrected chi connectivity index (χ2v) is 9.37. The van der Waals surface area contributed by atoms with Gasteiger partial charge in [0.1, 0.15) is 11.9 Å². The minimum absolute atomic E-state index is 0.00116. The molecule has 3 atom stereocenters. The molecular weight excluding hydrogens is 431 g/mol. The predicted octanol–water partition coefficient (Wildman–Crippen LogP) is 2.88. The van der Waals surface area contributed by atoms with Gasteiger partial charge in [0.25, 0.3) is 5.56 Å². The number of fused-ring (bicyclic) bond motifs is 4. The SMILES string of the molecule is CSCC[C@H](NC(=O)N1C[C@@H]2C[C@H](C1)c1cccc(=O)n1C2)C(=O)Nc1cccc(F)c1. The summed E-state index contributed by atoms with van der Waals surface area (Å²) in [5.74, 6) is 0.202. The number of pyridine rings is 1. The van der Waals surface area contributed by atoms with Gasteiger partial charge in [0.15, 0.2) is 0 Å². The number of hydrogen-bond acceptors (Lipinski definition) is 4. The molecule has 32 heavy (non-hydrogen) atoms. The number of likely N-dealkylation sites (tertiary alicyclic amines) is 1. The molecule has 7 nitrogen and oxygen atoms in total. The highest BCUT2D eigenvalue weighted by Gasteiger charge is 2.37. The average molecular weight is 459 g/mol. The van der Waals surface area contributed by atoms with Crippen molar-refractivity contribution in [3.8, 4) is 0 Å². The first-order valence-corrected chi connectivity index (χ1v) is 12.1. The number of aromatic nitrogens is 1. The Morgan fingerprint density at radius 2 is 2.00 bits per heavy atom. The lowest BCUT2D eigenvalue weighted by Gasteiger charge is -2.43. The predicted molar refractivity (Wildman–Crippen MR) is 123 cm³/mol. The number of thioether (sulfide) groups is 1. The van der Waals surface area contributed by atoms with Gasteiger partial charge in [-0.15, -0.1) is 0 Å². The Labute approximate surface area is 190 Å². The Morgan fingerprint density at radius 3 is 2.78 bits per heavy atom. The fraction of sp³-hybridized carbons (Fsp3) is 0.435. The molecule has 1 saturated heterocycles. The van der Waals surface area contributed by atoms with Gasteiger partial charge in [-0.2, -0.15) is 11.8 Å². The normalized spacial score (nSPS) is 20.2. The molecule has 0 aliphatic carbocycles. The van der Waals surface area contributed by atoms with Crippen molar-refractivity contribution in [3.63, 3.8) is 0 Å². The van der Waals surface area contributed by atoms with Crippen LogP contribution in [0.25, 0.3) is 0 Å². The van der Waals surface area contributed by atoms with Crippen molar-refractivity contribution in [1.29, 1.82) is 0 Å². The highest BCUT2D eigenvalue weighted by molar-refractivity contribution is 7.98. The molecule has 0 spiro atoms. The summed E-state index contributed by atoms with van der Waals surface area (Å²) in [6.07, 6.45) is 3.35. The molecule has 2 aliphatic heterocycles. The van der Waals surface area contributed by atoms with E-state index in [1.54, 1.807) is 34.9 Å². The van der Waals surface area contributed by atoms with E-state index in [4.69, 9.17) is 0 Å². The van der Waals surface area contributed by atoms with Gasteiger partial charge in [-0.3, -0.25) is 9.59 Å². The molecule has 4 rings (SSSR count). The number of amides is 3. The number of benzene rings is 1. The van der Waals surface area contributed by atoms with Gasteiger partial charge in [0, 0.05) is 43.0 Å². The second kappa shape index (κ2) is 9.77. The number of piperidine rings is 1. The lowest BCUT2D eigenvalue weighted by molar-refractivity contribution is -0.118. The zero-order valence-electron chi connectivity index (χ0n) is 17.9. The Balaban J connectivity index is 1.44. The number of carbonyl (C=O) groups is 2. The number of hydrogen-bond donors (Lipinski definition) is 2. The van der Waals surface area contributed by atoms with Crippen LogP contribution in [-0.2, 0) is 11.3 Å². The van der Waals surface area contributed by atoms with Crippen LogP contribution < -0.4 is 16.2 Å². The maximum absolute atomic E-state index is 13.5. The van der Waals surface area contributed by atoms with Crippen molar-refractivity contribution in [2.24, 2.45) is 5.92 Å². The summed E-state index contributed by atoms with van der Waals surface area (Å²) >= 11 is 1.59. The quantitative estimate of drug-likeness (QED) is 0.697. The van der Waals surface area contributed by atoms with Crippen LogP contribution >= 0.6 is 11.8 Å². The van der Waals surface area contributed by atoms with E-state index < -0.39 is 11.9 Å². The van der Waals surface area contributed by atoms with E-state index in [1.165, 1.54) is 18.2 Å². The molecule has 0 saturated carbocycles. The number of nitrogens with zero attached hydrogens (tertiary/aromatic N) is 2. The van der Waals surface area contributed by atoms with E-state index in [1.807, 2.05) is 16.9 Å². The standard InChI is InChI=1S/C23H27FN4O3S/c1-32-9-8-19(22(30)25-18-5-2-4-17(24)11-18)26-23(31)27-12-15-10-16(14-27)20-6-3-7-21(29)28(20)13-15/h2-7,11,15-16,19H,8-10,12-14H2,1H3,(H,25,30)(H,26,31)/t15-,16+,19-/m0/s1. The minimum Gasteiger partial charge on any atom is -0.326 e. The Hall–Kier alpha value is -2.81. The number of anilines is 1. The molecule has 0 unspecified atom stereocenters. The van der Waals surface area contributed by atoms with E-state index in [9.17, 15) is 18.8 Å². The average Bonchev–Trinajstić information content (AvgIpc) is 2.77. The molecular formula is C23H27FN4O3S. The molecule has 170 valence electrons. The van der Waals surface area contributed by atoms with Crippen LogP contribution in [0.4, 0.5) is 14.9 Å². The van der Waals surface area contributed by atoms with Gasteiger partial charge in [0.05, 0.1) is 0 Å². The van der Waals surface area contributed by atoms with Gasteiger partial charge in [-0.1, -0.05) is 12.1 Å². The first-order chi connectivity index (χ1) is 15.4. The van der Waals surface area contributed by atoms with Crippen molar-refractivity contribution in [1.82, 2.24) is 14.8 Å². The van der Waals surface area contributed by atoms with Gasteiger partial charge in [0.2, 0.25) is 5.91 Å². The van der Waals surface area contributed by atoms with E-state index >= 15 is 0 Å². The Bertz CT molecular complexity index is 1060. The Morgan fingerprint density at radius 1 is 1.19 bits per heavy atom. The van der Waals surface area contributed by atoms with Crippen molar-refractivity contribution in [3.05, 3.63) is 64.3 Å². The molecule has 9 heteroatoms. The highest BCUT2D eigenvalue weighted by atomic mass is 32.2. The highest BCUT2D eigenvalue weighted by Crippen LogP contribution is 2.34. The summed E-state index contributed by atoms with van der Waals surface area (Å²) in [6, 6.07) is 9.97. The number of halogens is 1. The summed E-state index contributed by atoms with van der Waals surface area (Å²) in [4.78, 5) is 39.9. The van der Waals surface area contributed by atoms with E-state index in [-0.39, 0.29) is 29.3 Å². The second-order valence-electron chi connectivity index (χ2n) is 8.39. The maximum Gasteiger partial charge on any atom is 0.318 e. The van der Waals surface area contributed by atoms with E-state index in [0.29, 0.717) is 37.5 Å². The third-order valence-electron chi connectivity index (χ3n) is 6.08. The molecule has 1 fully saturated rings. The topological polar surface area (TPSA) is 83.4 Å². The lowest BCUT2D eigenvalue weighted by atomic mass is 9.83. The van der Waals surface area contributed by atoms with Crippen LogP contribution in [0.2, 0.25) is 0 Å². The Kier molecular flexibility index (Phi) is 6.83. The number of rotatable bonds is 6. The fourth-order valence-corrected chi connectivity index (χ4v) is 5.07. The van der Waals surface area contributed by atoms with Gasteiger partial charge in [-0.25, -0.2) is 9.18 Å². The first kappa shape index (κ1) is 22.4. The summed E-state index contributed by atoms with van der Waals surface area (Å²) in [6.45, 7) is 1.65. The molecule has 2 aliphatic rings. The molecule has 1 aromatic carbocycles. The largest absolute Gasteiger partial charge is 0.326 e. The van der Waals surface area contributed by atoms with Crippen LogP contribution in [0, 0.1) is 11.7 Å². The monoisotopic (exact) mass is 458 g/mol. The maximum atomic E-state index is 13.5. The van der Waals surface area contributed by atoms with Gasteiger partial charge >= 0.3 is 6.03 Å². The smallest absolute Gasteiger partial charge is 0.318 e. The van der Waals surface area contributed by atoms with Gasteiger partial charge < -0.3 is 20.1 Å². The molecule has 2 bridgehead atoms. The van der Waals surface area contributed by atoms with Gasteiger partial charge in [-0.05, 0) is 55.0 Å². The van der Waals surface area contributed by atoms with Crippen molar-refractivity contribution < 1.29 is 14.0 Å². The minimum atomic E-state index is -0.727. The summed E-state index contributed by atoms with van der Waals surface area (Å²) < 4.78 is 15.3. The molecule has 3 amide bonds. The molecule has 2 N–H and O–H groups in total. The number of carbonyl (C=O) groups excluding carboxylic acids is 2. The number of urea groups is 1. The third kappa shape index (κ3) is 4.98. The molecule has 3 heterocycles. The summed E-state index contributed by atoms with van der Waals surface area (Å²) in [7, 11) is 0. The van der Waals surface area contributed by atoms with Crippen molar-refractivity contribution >= 4 is 29.4 Å². The first-order valence-electron chi connectivity index (χ1n) is 10.7. The van der Waals surface area contributed by atoms with E-state index in [0.717, 1.165) is 12.1 Å². The number of nitrogens with one attached hydrogen (secondary N) is 2. The lowest BCUT2D eigenvalue weighted by Crippen LogP contribution is -2.55. The van der Waals surface area contributed by atoms with Crippen LogP contribution in [0.5, 0.6) is 0 Å². The third-order valence-corrected chi connectivity index (χ3v) is 6.73. The molecule has 2 aromatic rings. The summed E-state index contributed by atoms with van der Waals surface area (Å²) in [5.41, 5.74) is 1.32. The molecule has 0 radical (unpaired) electrons. The van der Waals surface area contributed by atoms with Crippen LogP contribution in [0.3, 0.4) is 0 Å². The van der Waals surface area contributed by atoms with Crippen molar-refractivity contribution in [2.75, 3.05) is 30.4 Å².